The van der Waals surface area contributed by atoms with Crippen LogP contribution < -0.4 is 10.1 Å². The number of aromatic nitrogens is 4. The number of hydrogen-bond donors (Lipinski definition) is 1. The summed E-state index contributed by atoms with van der Waals surface area (Å²) in [5.74, 6) is 2.09. The Morgan fingerprint density at radius 1 is 1.29 bits per heavy atom. The van der Waals surface area contributed by atoms with E-state index in [-0.39, 0.29) is 0 Å². The molecule has 2 rings (SSSR count). The third-order valence-electron chi connectivity index (χ3n) is 3.19. The van der Waals surface area contributed by atoms with E-state index in [2.05, 4.69) is 43.2 Å². The van der Waals surface area contributed by atoms with Crippen molar-refractivity contribution < 1.29 is 4.74 Å². The third-order valence-corrected chi connectivity index (χ3v) is 4.02. The number of halogens is 1. The zero-order valence-corrected chi connectivity index (χ0v) is 14.6. The van der Waals surface area contributed by atoms with Crippen LogP contribution in [0.2, 0.25) is 0 Å². The molecule has 0 fully saturated rings. The Morgan fingerprint density at radius 3 is 2.57 bits per heavy atom. The molecular formula is C14H20BrN5O. The molecule has 0 aromatic carbocycles. The molecule has 0 aliphatic carbocycles. The number of hydrogen-bond acceptors (Lipinski definition) is 5. The van der Waals surface area contributed by atoms with Gasteiger partial charge in [0.15, 0.2) is 5.82 Å². The number of aryl methyl sites for hydroxylation is 3. The van der Waals surface area contributed by atoms with E-state index in [1.807, 2.05) is 20.9 Å². The first-order valence-electron chi connectivity index (χ1n) is 6.91. The quantitative estimate of drug-likeness (QED) is 0.894. The summed E-state index contributed by atoms with van der Waals surface area (Å²) in [6.45, 7) is 6.83. The fourth-order valence-electron chi connectivity index (χ4n) is 2.25. The van der Waals surface area contributed by atoms with E-state index in [4.69, 9.17) is 4.74 Å². The molecule has 2 heterocycles. The van der Waals surface area contributed by atoms with E-state index >= 15 is 0 Å². The van der Waals surface area contributed by atoms with Gasteiger partial charge in [-0.1, -0.05) is 6.92 Å². The summed E-state index contributed by atoms with van der Waals surface area (Å²) in [6, 6.07) is 0. The molecule has 7 heteroatoms. The van der Waals surface area contributed by atoms with Crippen molar-refractivity contribution in [3.63, 3.8) is 0 Å². The Labute approximate surface area is 133 Å². The smallest absolute Gasteiger partial charge is 0.222 e. The molecule has 0 aliphatic heterocycles. The number of anilines is 1. The first kappa shape index (κ1) is 15.8. The highest BCUT2D eigenvalue weighted by Crippen LogP contribution is 2.33. The van der Waals surface area contributed by atoms with E-state index in [0.717, 1.165) is 40.2 Å². The molecule has 0 saturated heterocycles. The lowest BCUT2D eigenvalue weighted by atomic mass is 10.2. The van der Waals surface area contributed by atoms with Gasteiger partial charge in [-0.15, -0.1) is 0 Å². The Kier molecular flexibility index (Phi) is 4.82. The maximum atomic E-state index is 5.44. The molecule has 0 unspecified atom stereocenters. The highest BCUT2D eigenvalue weighted by molar-refractivity contribution is 9.10. The first-order chi connectivity index (χ1) is 10.0. The van der Waals surface area contributed by atoms with E-state index in [0.29, 0.717) is 11.7 Å². The van der Waals surface area contributed by atoms with Crippen LogP contribution in [0.15, 0.2) is 4.47 Å². The van der Waals surface area contributed by atoms with Crippen LogP contribution >= 0.6 is 15.9 Å². The summed E-state index contributed by atoms with van der Waals surface area (Å²) in [4.78, 5) is 9.28. The molecular weight excluding hydrogens is 334 g/mol. The molecule has 0 saturated carbocycles. The zero-order chi connectivity index (χ0) is 15.6. The second-order valence-corrected chi connectivity index (χ2v) is 5.43. The average Bonchev–Trinajstić information content (AvgIpc) is 2.75. The molecule has 0 spiro atoms. The van der Waals surface area contributed by atoms with Gasteiger partial charge in [0, 0.05) is 13.6 Å². The molecule has 2 aromatic heterocycles. The Morgan fingerprint density at radius 2 is 2.00 bits per heavy atom. The van der Waals surface area contributed by atoms with Gasteiger partial charge >= 0.3 is 0 Å². The number of nitrogens with zero attached hydrogens (tertiary/aromatic N) is 4. The molecule has 6 nitrogen and oxygen atoms in total. The van der Waals surface area contributed by atoms with E-state index in [1.165, 1.54) is 0 Å². The van der Waals surface area contributed by atoms with Crippen LogP contribution in [-0.4, -0.2) is 33.4 Å². The normalized spacial score (nSPS) is 10.8. The van der Waals surface area contributed by atoms with Gasteiger partial charge in [-0.05, 0) is 36.2 Å². The molecule has 2 aromatic rings. The molecule has 0 radical (unpaired) electrons. The minimum Gasteiger partial charge on any atom is -0.481 e. The lowest BCUT2D eigenvalue weighted by Crippen LogP contribution is -2.06. The largest absolute Gasteiger partial charge is 0.481 e. The van der Waals surface area contributed by atoms with Gasteiger partial charge in [0.1, 0.15) is 11.4 Å². The van der Waals surface area contributed by atoms with Crippen LogP contribution in [0.1, 0.15) is 25.2 Å². The predicted octanol–water partition coefficient (Wildman–Crippen LogP) is 2.95. The highest BCUT2D eigenvalue weighted by Gasteiger charge is 2.21. The molecule has 21 heavy (non-hydrogen) atoms. The lowest BCUT2D eigenvalue weighted by Gasteiger charge is -2.12. The Balaban J connectivity index is 2.66. The van der Waals surface area contributed by atoms with Crippen molar-refractivity contribution in [2.24, 2.45) is 7.05 Å². The van der Waals surface area contributed by atoms with Crippen LogP contribution in [0.3, 0.4) is 0 Å². The van der Waals surface area contributed by atoms with Crippen LogP contribution in [0.4, 0.5) is 5.82 Å². The SMILES string of the molecule is CCNc1nc(-c2c(C)nn(C)c2OC)nc(CC)c1Br. The van der Waals surface area contributed by atoms with Crippen LogP contribution in [0.5, 0.6) is 5.88 Å². The zero-order valence-electron chi connectivity index (χ0n) is 13.0. The van der Waals surface area contributed by atoms with Crippen molar-refractivity contribution in [3.05, 3.63) is 15.9 Å². The van der Waals surface area contributed by atoms with Gasteiger partial charge in [-0.3, -0.25) is 0 Å². The minimum absolute atomic E-state index is 0.633. The fraction of sp³-hybridized carbons (Fsp3) is 0.500. The number of methoxy groups -OCH3 is 1. The van der Waals surface area contributed by atoms with Gasteiger partial charge in [0.05, 0.1) is 23.0 Å². The molecule has 0 atom stereocenters. The maximum absolute atomic E-state index is 5.44. The minimum atomic E-state index is 0.633. The van der Waals surface area contributed by atoms with Gasteiger partial charge in [0.25, 0.3) is 0 Å². The van der Waals surface area contributed by atoms with Crippen molar-refractivity contribution in [1.82, 2.24) is 19.7 Å². The fourth-order valence-corrected chi connectivity index (χ4v) is 2.85. The Hall–Kier alpha value is -1.63. The first-order valence-corrected chi connectivity index (χ1v) is 7.70. The molecule has 0 bridgehead atoms. The second-order valence-electron chi connectivity index (χ2n) is 4.63. The van der Waals surface area contributed by atoms with Crippen molar-refractivity contribution >= 4 is 21.7 Å². The summed E-state index contributed by atoms with van der Waals surface area (Å²) in [5, 5.41) is 7.65. The number of ether oxygens (including phenoxy) is 1. The summed E-state index contributed by atoms with van der Waals surface area (Å²) in [7, 11) is 3.48. The van der Waals surface area contributed by atoms with E-state index in [9.17, 15) is 0 Å². The van der Waals surface area contributed by atoms with Crippen LogP contribution in [0.25, 0.3) is 11.4 Å². The molecule has 0 amide bonds. The third kappa shape index (κ3) is 2.88. The Bertz CT molecular complexity index is 653. The van der Waals surface area contributed by atoms with E-state index in [1.54, 1.807) is 11.8 Å². The maximum Gasteiger partial charge on any atom is 0.222 e. The number of nitrogens with one attached hydrogen (secondary N) is 1. The van der Waals surface area contributed by atoms with Crippen LogP contribution in [-0.2, 0) is 13.5 Å². The second kappa shape index (κ2) is 6.43. The topological polar surface area (TPSA) is 64.9 Å². The van der Waals surface area contributed by atoms with Crippen LogP contribution in [0, 0.1) is 6.92 Å². The summed E-state index contributed by atoms with van der Waals surface area (Å²) < 4.78 is 8.06. The van der Waals surface area contributed by atoms with Crippen molar-refractivity contribution in [3.8, 4) is 17.3 Å². The standard InChI is InChI=1S/C14H20BrN5O/c1-6-9-11(15)13(16-7-2)18-12(17-9)10-8(3)19-20(4)14(10)21-5/h6-7H2,1-5H3,(H,16,17,18). The summed E-state index contributed by atoms with van der Waals surface area (Å²) >= 11 is 3.57. The highest BCUT2D eigenvalue weighted by atomic mass is 79.9. The summed E-state index contributed by atoms with van der Waals surface area (Å²) in [5.41, 5.74) is 2.64. The summed E-state index contributed by atoms with van der Waals surface area (Å²) in [6.07, 6.45) is 0.816. The monoisotopic (exact) mass is 353 g/mol. The van der Waals surface area contributed by atoms with Crippen molar-refractivity contribution in [2.75, 3.05) is 19.0 Å². The van der Waals surface area contributed by atoms with Gasteiger partial charge < -0.3 is 10.1 Å². The number of rotatable bonds is 5. The molecule has 114 valence electrons. The van der Waals surface area contributed by atoms with Crippen molar-refractivity contribution in [1.29, 1.82) is 0 Å². The lowest BCUT2D eigenvalue weighted by molar-refractivity contribution is 0.374. The average molecular weight is 354 g/mol. The molecule has 0 aliphatic rings. The van der Waals surface area contributed by atoms with Crippen molar-refractivity contribution in [2.45, 2.75) is 27.2 Å². The van der Waals surface area contributed by atoms with Gasteiger partial charge in [0.2, 0.25) is 5.88 Å². The van der Waals surface area contributed by atoms with Gasteiger partial charge in [-0.25, -0.2) is 14.6 Å². The predicted molar refractivity (Wildman–Crippen MR) is 86.8 cm³/mol. The van der Waals surface area contributed by atoms with E-state index < -0.39 is 0 Å². The van der Waals surface area contributed by atoms with Gasteiger partial charge in [-0.2, -0.15) is 5.10 Å². The molecule has 1 N–H and O–H groups in total.